The van der Waals surface area contributed by atoms with Crippen LogP contribution < -0.4 is 10.6 Å². The third-order valence-electron chi connectivity index (χ3n) is 6.75. The van der Waals surface area contributed by atoms with Gasteiger partial charge in [-0.25, -0.2) is 0 Å². The molecule has 8 nitrogen and oxygen atoms in total. The van der Waals surface area contributed by atoms with Crippen LogP contribution in [0.15, 0.2) is 47.8 Å². The lowest BCUT2D eigenvalue weighted by atomic mass is 10.1. The van der Waals surface area contributed by atoms with Gasteiger partial charge in [-0.3, -0.25) is 4.79 Å². The zero-order chi connectivity index (χ0) is 28.9. The quantitative estimate of drug-likeness (QED) is 0.149. The van der Waals surface area contributed by atoms with E-state index in [1.54, 1.807) is 11.3 Å². The number of aromatic nitrogens is 1. The lowest BCUT2D eigenvalue weighted by molar-refractivity contribution is -0.119. The molecule has 4 aromatic rings. The Balaban J connectivity index is 1.11. The number of fused-ring (bicyclic) bond motifs is 3. The number of thiophene rings is 1. The summed E-state index contributed by atoms with van der Waals surface area (Å²) < 4.78 is 24.5. The molecule has 0 aliphatic rings. The lowest BCUT2D eigenvalue weighted by Gasteiger charge is -2.09. The Labute approximate surface area is 246 Å². The van der Waals surface area contributed by atoms with E-state index in [1.807, 2.05) is 0 Å². The molecule has 0 bridgehead atoms. The molecule has 0 aliphatic heterocycles. The van der Waals surface area contributed by atoms with Crippen LogP contribution in [0.25, 0.3) is 32.2 Å². The van der Waals surface area contributed by atoms with Gasteiger partial charge in [-0.05, 0) is 60.2 Å². The third kappa shape index (κ3) is 9.36. The normalized spacial score (nSPS) is 11.6. The third-order valence-corrected chi connectivity index (χ3v) is 7.85. The summed E-state index contributed by atoms with van der Waals surface area (Å²) in [5.74, 6) is -0.0496. The van der Waals surface area contributed by atoms with E-state index in [1.165, 1.54) is 50.3 Å². The van der Waals surface area contributed by atoms with Crippen molar-refractivity contribution in [2.24, 2.45) is 0 Å². The minimum atomic E-state index is -0.0496. The van der Waals surface area contributed by atoms with E-state index in [2.05, 4.69) is 76.9 Å². The molecule has 9 heteroatoms. The van der Waals surface area contributed by atoms with Crippen molar-refractivity contribution in [3.05, 3.63) is 59.0 Å². The summed E-state index contributed by atoms with van der Waals surface area (Å²) in [5, 5.41) is 11.0. The maximum atomic E-state index is 10.7. The van der Waals surface area contributed by atoms with Gasteiger partial charge in [-0.15, -0.1) is 11.3 Å². The van der Waals surface area contributed by atoms with E-state index in [9.17, 15) is 4.79 Å². The van der Waals surface area contributed by atoms with Gasteiger partial charge in [0.25, 0.3) is 0 Å². The second-order valence-corrected chi connectivity index (χ2v) is 10.8. The smallest absolute Gasteiger partial charge is 0.216 e. The first kappa shape index (κ1) is 31.2. The predicted molar refractivity (Wildman–Crippen MR) is 167 cm³/mol. The number of amides is 1. The van der Waals surface area contributed by atoms with Crippen LogP contribution in [-0.2, 0) is 36.8 Å². The molecule has 0 saturated carbocycles. The van der Waals surface area contributed by atoms with Gasteiger partial charge in [0.2, 0.25) is 5.91 Å². The maximum Gasteiger partial charge on any atom is 0.216 e. The van der Waals surface area contributed by atoms with Crippen molar-refractivity contribution in [1.29, 1.82) is 0 Å². The number of carbonyl (C=O) groups excluding carboxylic acids is 1. The molecule has 41 heavy (non-hydrogen) atoms. The Morgan fingerprint density at radius 1 is 0.805 bits per heavy atom. The molecule has 0 saturated heterocycles. The summed E-state index contributed by atoms with van der Waals surface area (Å²) in [7, 11) is 0. The van der Waals surface area contributed by atoms with Crippen LogP contribution in [0.4, 0.5) is 0 Å². The molecule has 0 atom stereocenters. The van der Waals surface area contributed by atoms with Gasteiger partial charge in [0, 0.05) is 59.8 Å². The molecule has 1 amide bonds. The van der Waals surface area contributed by atoms with Crippen molar-refractivity contribution in [2.75, 3.05) is 65.9 Å². The van der Waals surface area contributed by atoms with E-state index in [-0.39, 0.29) is 5.91 Å². The van der Waals surface area contributed by atoms with Gasteiger partial charge in [0.15, 0.2) is 0 Å². The number of ether oxygens (including phenoxy) is 4. The van der Waals surface area contributed by atoms with Crippen molar-refractivity contribution in [3.63, 3.8) is 0 Å². The molecule has 2 aromatic carbocycles. The fraction of sp³-hybridized carbons (Fsp3) is 0.469. The fourth-order valence-electron chi connectivity index (χ4n) is 4.77. The standard InChI is InChI=1S/C32H43N3O5S/c1-4-35-30-8-5-26(20-29(30)28-7-6-27(21-31(28)35)32-19-24(2)23-41-32)22-33-9-11-37-13-15-39-17-18-40-16-14-38-12-10-34-25(3)36/h5-8,19-21,23,33H,4,9-18,22H2,1-3H3,(H,34,36). The number of aryl methyl sites for hydroxylation is 2. The molecule has 0 spiro atoms. The summed E-state index contributed by atoms with van der Waals surface area (Å²) >= 11 is 1.81. The summed E-state index contributed by atoms with van der Waals surface area (Å²) in [6.45, 7) is 13.2. The average Bonchev–Trinajstić information content (AvgIpc) is 3.54. The van der Waals surface area contributed by atoms with Crippen molar-refractivity contribution in [3.8, 4) is 10.4 Å². The van der Waals surface area contributed by atoms with Gasteiger partial charge in [-0.1, -0.05) is 18.2 Å². The Morgan fingerprint density at radius 2 is 1.49 bits per heavy atom. The van der Waals surface area contributed by atoms with Crippen LogP contribution in [0.1, 0.15) is 25.0 Å². The first-order valence-electron chi connectivity index (χ1n) is 14.4. The Bertz CT molecular complexity index is 1380. The average molecular weight is 582 g/mol. The molecular weight excluding hydrogens is 538 g/mol. The second-order valence-electron chi connectivity index (χ2n) is 9.93. The van der Waals surface area contributed by atoms with E-state index in [0.717, 1.165) is 19.6 Å². The molecule has 0 radical (unpaired) electrons. The van der Waals surface area contributed by atoms with Crippen LogP contribution >= 0.6 is 11.3 Å². The maximum absolute atomic E-state index is 10.7. The summed E-state index contributed by atoms with van der Waals surface area (Å²) in [4.78, 5) is 12.1. The van der Waals surface area contributed by atoms with Crippen LogP contribution in [-0.4, -0.2) is 76.4 Å². The van der Waals surface area contributed by atoms with Crippen molar-refractivity contribution < 1.29 is 23.7 Å². The number of hydrogen-bond acceptors (Lipinski definition) is 7. The highest BCUT2D eigenvalue weighted by Crippen LogP contribution is 2.35. The number of benzene rings is 2. The fourth-order valence-corrected chi connectivity index (χ4v) is 5.67. The number of nitrogens with zero attached hydrogens (tertiary/aromatic N) is 1. The molecule has 4 rings (SSSR count). The van der Waals surface area contributed by atoms with Gasteiger partial charge >= 0.3 is 0 Å². The first-order valence-corrected chi connectivity index (χ1v) is 15.3. The molecule has 0 unspecified atom stereocenters. The van der Waals surface area contributed by atoms with E-state index >= 15 is 0 Å². The highest BCUT2D eigenvalue weighted by Gasteiger charge is 2.12. The van der Waals surface area contributed by atoms with Crippen LogP contribution in [0.2, 0.25) is 0 Å². The Kier molecular flexibility index (Phi) is 12.6. The molecule has 2 heterocycles. The van der Waals surface area contributed by atoms with Crippen LogP contribution in [0.5, 0.6) is 0 Å². The zero-order valence-electron chi connectivity index (χ0n) is 24.5. The number of rotatable bonds is 19. The Morgan fingerprint density at radius 3 is 2.12 bits per heavy atom. The van der Waals surface area contributed by atoms with Crippen LogP contribution in [0, 0.1) is 6.92 Å². The van der Waals surface area contributed by atoms with E-state index in [4.69, 9.17) is 18.9 Å². The van der Waals surface area contributed by atoms with Gasteiger partial charge in [-0.2, -0.15) is 0 Å². The van der Waals surface area contributed by atoms with E-state index in [0.29, 0.717) is 59.4 Å². The SMILES string of the molecule is CCn1c2ccc(CNCCOCCOCCOCCOCCNC(C)=O)cc2c2ccc(-c3cc(C)cs3)cc21. The topological polar surface area (TPSA) is 83.0 Å². The number of carbonyl (C=O) groups is 1. The van der Waals surface area contributed by atoms with E-state index < -0.39 is 0 Å². The summed E-state index contributed by atoms with van der Waals surface area (Å²) in [6, 6.07) is 15.9. The highest BCUT2D eigenvalue weighted by molar-refractivity contribution is 7.13. The summed E-state index contributed by atoms with van der Waals surface area (Å²) in [6.07, 6.45) is 0. The predicted octanol–water partition coefficient (Wildman–Crippen LogP) is 5.14. The molecule has 2 aromatic heterocycles. The van der Waals surface area contributed by atoms with Gasteiger partial charge in [0.05, 0.1) is 52.9 Å². The molecule has 0 aliphatic carbocycles. The monoisotopic (exact) mass is 581 g/mol. The van der Waals surface area contributed by atoms with Gasteiger partial charge < -0.3 is 34.1 Å². The molecule has 0 fully saturated rings. The minimum absolute atomic E-state index is 0.0496. The van der Waals surface area contributed by atoms with Crippen LogP contribution in [0.3, 0.4) is 0 Å². The van der Waals surface area contributed by atoms with Gasteiger partial charge in [0.1, 0.15) is 0 Å². The first-order chi connectivity index (χ1) is 20.1. The lowest BCUT2D eigenvalue weighted by Crippen LogP contribution is -2.25. The zero-order valence-corrected chi connectivity index (χ0v) is 25.3. The number of nitrogens with one attached hydrogen (secondary N) is 2. The summed E-state index contributed by atoms with van der Waals surface area (Å²) in [5.41, 5.74) is 6.45. The number of hydrogen-bond donors (Lipinski definition) is 2. The highest BCUT2D eigenvalue weighted by atomic mass is 32.1. The molecule has 2 N–H and O–H groups in total. The largest absolute Gasteiger partial charge is 0.378 e. The second kappa shape index (κ2) is 16.6. The van der Waals surface area contributed by atoms with Crippen molar-refractivity contribution in [2.45, 2.75) is 33.9 Å². The van der Waals surface area contributed by atoms with Crippen molar-refractivity contribution in [1.82, 2.24) is 15.2 Å². The Hall–Kier alpha value is -2.79. The van der Waals surface area contributed by atoms with Crippen molar-refractivity contribution >= 4 is 39.0 Å². The molecule has 222 valence electrons. The minimum Gasteiger partial charge on any atom is -0.378 e. The molecular formula is C32H43N3O5S.